The Morgan fingerprint density at radius 1 is 1.71 bits per heavy atom. The van der Waals surface area contributed by atoms with Crippen molar-refractivity contribution in [3.8, 4) is 0 Å². The number of aromatic nitrogens is 2. The number of hydrogen-bond acceptors (Lipinski definition) is 3. The van der Waals surface area contributed by atoms with Gasteiger partial charge in [0.15, 0.2) is 0 Å². The molecular formula is C10H16N2O2. The molecule has 0 amide bonds. The fraction of sp³-hybridized carbons (Fsp3) is 0.700. The van der Waals surface area contributed by atoms with Crippen LogP contribution in [-0.4, -0.2) is 28.5 Å². The number of aromatic amines is 1. The van der Waals surface area contributed by atoms with Gasteiger partial charge < -0.3 is 9.84 Å². The third-order valence-corrected chi connectivity index (χ3v) is 2.99. The molecule has 1 aliphatic rings. The summed E-state index contributed by atoms with van der Waals surface area (Å²) in [7, 11) is 1.74. The number of hydrogen-bond donors (Lipinski definition) is 2. The summed E-state index contributed by atoms with van der Waals surface area (Å²) in [5.74, 6) is 0.602. The van der Waals surface area contributed by atoms with E-state index in [1.165, 1.54) is 0 Å². The van der Waals surface area contributed by atoms with Crippen LogP contribution in [0.25, 0.3) is 0 Å². The lowest BCUT2D eigenvalue weighted by molar-refractivity contribution is -0.0168. The van der Waals surface area contributed by atoms with Crippen LogP contribution in [0.1, 0.15) is 30.9 Å². The maximum Gasteiger partial charge on any atom is 0.0823 e. The normalized spacial score (nSPS) is 28.4. The third kappa shape index (κ3) is 1.96. The largest absolute Gasteiger partial charge is 0.388 e. The summed E-state index contributed by atoms with van der Waals surface area (Å²) >= 11 is 0. The molecule has 2 N–H and O–H groups in total. The molecule has 0 aliphatic heterocycles. The molecule has 1 aliphatic carbocycles. The highest BCUT2D eigenvalue weighted by Gasteiger charge is 2.30. The van der Waals surface area contributed by atoms with Gasteiger partial charge in [-0.2, -0.15) is 5.10 Å². The first-order chi connectivity index (χ1) is 6.79. The average Bonchev–Trinajstić information content (AvgIpc) is 2.62. The number of methoxy groups -OCH3 is 1. The number of ether oxygens (including phenoxy) is 1. The minimum absolute atomic E-state index is 0.378. The first-order valence-corrected chi connectivity index (χ1v) is 4.99. The SMILES string of the molecule is COC1CC(CC(O)c2cn[nH]c2)C1. The van der Waals surface area contributed by atoms with Gasteiger partial charge in [0, 0.05) is 18.9 Å². The van der Waals surface area contributed by atoms with E-state index in [0.717, 1.165) is 24.8 Å². The Kier molecular flexibility index (Phi) is 2.84. The van der Waals surface area contributed by atoms with Crippen LogP contribution in [0.3, 0.4) is 0 Å². The van der Waals surface area contributed by atoms with E-state index < -0.39 is 0 Å². The smallest absolute Gasteiger partial charge is 0.0823 e. The van der Waals surface area contributed by atoms with E-state index >= 15 is 0 Å². The van der Waals surface area contributed by atoms with Gasteiger partial charge in [-0.15, -0.1) is 0 Å². The van der Waals surface area contributed by atoms with Crippen LogP contribution in [0, 0.1) is 5.92 Å². The fourth-order valence-corrected chi connectivity index (χ4v) is 1.95. The maximum absolute atomic E-state index is 9.80. The Hall–Kier alpha value is -0.870. The molecule has 1 heterocycles. The number of H-pyrrole nitrogens is 1. The lowest BCUT2D eigenvalue weighted by atomic mass is 9.78. The Morgan fingerprint density at radius 2 is 2.50 bits per heavy atom. The van der Waals surface area contributed by atoms with E-state index in [0.29, 0.717) is 12.0 Å². The maximum atomic E-state index is 9.80. The standard InChI is InChI=1S/C10H16N2O2/c1-14-9-2-7(3-9)4-10(13)8-5-11-12-6-8/h5-7,9-10,13H,2-4H2,1H3,(H,11,12). The van der Waals surface area contributed by atoms with Gasteiger partial charge in [-0.25, -0.2) is 0 Å². The van der Waals surface area contributed by atoms with Gasteiger partial charge in [0.25, 0.3) is 0 Å². The van der Waals surface area contributed by atoms with Crippen LogP contribution < -0.4 is 0 Å². The highest BCUT2D eigenvalue weighted by Crippen LogP contribution is 2.36. The molecule has 1 aromatic rings. The molecule has 1 atom stereocenters. The van der Waals surface area contributed by atoms with E-state index in [9.17, 15) is 5.11 Å². The molecule has 78 valence electrons. The zero-order valence-corrected chi connectivity index (χ0v) is 8.31. The van der Waals surface area contributed by atoms with Crippen LogP contribution in [0.4, 0.5) is 0 Å². The Morgan fingerprint density at radius 3 is 3.07 bits per heavy atom. The molecule has 0 saturated heterocycles. The molecular weight excluding hydrogens is 180 g/mol. The summed E-state index contributed by atoms with van der Waals surface area (Å²) < 4.78 is 5.19. The Balaban J connectivity index is 1.77. The predicted octanol–water partition coefficient (Wildman–Crippen LogP) is 1.26. The second-order valence-corrected chi connectivity index (χ2v) is 3.98. The minimum atomic E-state index is -0.378. The second-order valence-electron chi connectivity index (χ2n) is 3.98. The summed E-state index contributed by atoms with van der Waals surface area (Å²) in [6.07, 6.45) is 6.43. The summed E-state index contributed by atoms with van der Waals surface area (Å²) in [5.41, 5.74) is 0.880. The lowest BCUT2D eigenvalue weighted by Gasteiger charge is -2.35. The van der Waals surface area contributed by atoms with E-state index in [4.69, 9.17) is 4.74 Å². The number of rotatable bonds is 4. The van der Waals surface area contributed by atoms with Crippen molar-refractivity contribution in [1.29, 1.82) is 0 Å². The van der Waals surface area contributed by atoms with Crippen LogP contribution in [0.2, 0.25) is 0 Å². The molecule has 0 radical (unpaired) electrons. The van der Waals surface area contributed by atoms with Gasteiger partial charge in [-0.1, -0.05) is 0 Å². The molecule has 0 spiro atoms. The van der Waals surface area contributed by atoms with Crippen LogP contribution in [0.5, 0.6) is 0 Å². The molecule has 1 aromatic heterocycles. The van der Waals surface area contributed by atoms with Gasteiger partial charge in [0.05, 0.1) is 18.4 Å². The van der Waals surface area contributed by atoms with Crippen molar-refractivity contribution in [3.63, 3.8) is 0 Å². The zero-order valence-electron chi connectivity index (χ0n) is 8.31. The van der Waals surface area contributed by atoms with Crippen molar-refractivity contribution in [2.45, 2.75) is 31.5 Å². The van der Waals surface area contributed by atoms with E-state index in [-0.39, 0.29) is 6.10 Å². The highest BCUT2D eigenvalue weighted by molar-refractivity contribution is 5.07. The number of aliphatic hydroxyl groups excluding tert-OH is 1. The van der Waals surface area contributed by atoms with Crippen molar-refractivity contribution in [2.75, 3.05) is 7.11 Å². The van der Waals surface area contributed by atoms with Crippen molar-refractivity contribution in [1.82, 2.24) is 10.2 Å². The molecule has 4 heteroatoms. The molecule has 0 aromatic carbocycles. The van der Waals surface area contributed by atoms with Gasteiger partial charge in [-0.05, 0) is 25.2 Å². The summed E-state index contributed by atoms with van der Waals surface area (Å²) in [6, 6.07) is 0. The zero-order chi connectivity index (χ0) is 9.97. The van der Waals surface area contributed by atoms with Gasteiger partial charge in [0.2, 0.25) is 0 Å². The first-order valence-electron chi connectivity index (χ1n) is 4.99. The molecule has 1 unspecified atom stereocenters. The van der Waals surface area contributed by atoms with E-state index in [1.807, 2.05) is 0 Å². The average molecular weight is 196 g/mol. The van der Waals surface area contributed by atoms with Gasteiger partial charge >= 0.3 is 0 Å². The topological polar surface area (TPSA) is 58.1 Å². The van der Waals surface area contributed by atoms with Crippen LogP contribution >= 0.6 is 0 Å². The summed E-state index contributed by atoms with van der Waals surface area (Å²) in [4.78, 5) is 0. The minimum Gasteiger partial charge on any atom is -0.388 e. The van der Waals surface area contributed by atoms with Gasteiger partial charge in [0.1, 0.15) is 0 Å². The summed E-state index contributed by atoms with van der Waals surface area (Å²) in [5, 5.41) is 16.3. The monoisotopic (exact) mass is 196 g/mol. The molecule has 0 bridgehead atoms. The van der Waals surface area contributed by atoms with Crippen molar-refractivity contribution >= 4 is 0 Å². The second kappa shape index (κ2) is 4.11. The number of nitrogens with zero attached hydrogens (tertiary/aromatic N) is 1. The van der Waals surface area contributed by atoms with Crippen molar-refractivity contribution < 1.29 is 9.84 Å². The van der Waals surface area contributed by atoms with Crippen LogP contribution in [-0.2, 0) is 4.74 Å². The molecule has 1 fully saturated rings. The molecule has 2 rings (SSSR count). The lowest BCUT2D eigenvalue weighted by Crippen LogP contribution is -2.31. The Labute approximate surface area is 83.3 Å². The third-order valence-electron chi connectivity index (χ3n) is 2.99. The number of aliphatic hydroxyl groups is 1. The number of nitrogens with one attached hydrogen (secondary N) is 1. The molecule has 4 nitrogen and oxygen atoms in total. The molecule has 14 heavy (non-hydrogen) atoms. The quantitative estimate of drug-likeness (QED) is 0.762. The van der Waals surface area contributed by atoms with Crippen LogP contribution in [0.15, 0.2) is 12.4 Å². The Bertz CT molecular complexity index is 268. The summed E-state index contributed by atoms with van der Waals surface area (Å²) in [6.45, 7) is 0. The van der Waals surface area contributed by atoms with Crippen molar-refractivity contribution in [2.24, 2.45) is 5.92 Å². The predicted molar refractivity (Wildman–Crippen MR) is 51.7 cm³/mol. The van der Waals surface area contributed by atoms with Crippen molar-refractivity contribution in [3.05, 3.63) is 18.0 Å². The van der Waals surface area contributed by atoms with Gasteiger partial charge in [-0.3, -0.25) is 5.10 Å². The highest BCUT2D eigenvalue weighted by atomic mass is 16.5. The first kappa shape index (κ1) is 9.68. The molecule has 1 saturated carbocycles. The van der Waals surface area contributed by atoms with E-state index in [1.54, 1.807) is 19.5 Å². The van der Waals surface area contributed by atoms with E-state index in [2.05, 4.69) is 10.2 Å². The fourth-order valence-electron chi connectivity index (χ4n) is 1.95.